The summed E-state index contributed by atoms with van der Waals surface area (Å²) in [6, 6.07) is 0. The Kier molecular flexibility index (Phi) is 21.6. The molecule has 0 aromatic heterocycles. The third-order valence-electron chi connectivity index (χ3n) is 7.41. The van der Waals surface area contributed by atoms with E-state index >= 15 is 0 Å². The first-order valence-corrected chi connectivity index (χ1v) is 19.2. The fourth-order valence-corrected chi connectivity index (χ4v) is 6.09. The molecule has 13 heteroatoms. The lowest BCUT2D eigenvalue weighted by Crippen LogP contribution is -2.42. The summed E-state index contributed by atoms with van der Waals surface area (Å²) in [6.45, 7) is 23.1. The molecule has 0 aliphatic carbocycles. The molecule has 0 rings (SSSR count). The molecule has 0 radical (unpaired) electrons. The zero-order chi connectivity index (χ0) is 37.1. The Hall–Kier alpha value is -2.12. The zero-order valence-corrected chi connectivity index (χ0v) is 33.0. The summed E-state index contributed by atoms with van der Waals surface area (Å²) in [4.78, 5) is 65.7. The van der Waals surface area contributed by atoms with Crippen LogP contribution in [0.3, 0.4) is 0 Å². The Morgan fingerprint density at radius 1 is 0.833 bits per heavy atom. The van der Waals surface area contributed by atoms with Crippen LogP contribution >= 0.6 is 23.5 Å². The number of rotatable bonds is 25. The summed E-state index contributed by atoms with van der Waals surface area (Å²) in [5, 5.41) is 18.6. The largest absolute Gasteiger partial charge is 0.481 e. The smallest absolute Gasteiger partial charge is 0.303 e. The molecule has 0 bridgehead atoms. The highest BCUT2D eigenvalue weighted by atomic mass is 32.2. The van der Waals surface area contributed by atoms with E-state index in [0.29, 0.717) is 62.9 Å². The van der Waals surface area contributed by atoms with Crippen molar-refractivity contribution in [3.05, 3.63) is 0 Å². The highest BCUT2D eigenvalue weighted by Crippen LogP contribution is 2.36. The second kappa shape index (κ2) is 22.6. The standard InChI is InChI=1S/C35H64N4O7S2/c1-24(2)47-21-28(40)36-16-12-13-27(39-29(41)22-48-25(3)4)31(44)38-20-26(5)14-18-46-35(10,11)15-17-37-32(45)34(8,9)23-33(6,7)19-30(42)43/h24-26H,12-23H2,1-11H3,(H,36,40)(H,37,45)(H,38,44)(H,42,43). The molecule has 0 spiro atoms. The maximum Gasteiger partial charge on any atom is 0.303 e. The molecule has 0 aromatic carbocycles. The highest BCUT2D eigenvalue weighted by Gasteiger charge is 2.36. The number of amides is 4. The van der Waals surface area contributed by atoms with Crippen LogP contribution in [0.25, 0.3) is 0 Å². The van der Waals surface area contributed by atoms with Crippen molar-refractivity contribution in [3.63, 3.8) is 0 Å². The topological polar surface area (TPSA) is 163 Å². The summed E-state index contributed by atoms with van der Waals surface area (Å²) in [5.74, 6) is -1.08. The van der Waals surface area contributed by atoms with Crippen LogP contribution in [0.5, 0.6) is 0 Å². The first kappa shape index (κ1) is 45.9. The third kappa shape index (κ3) is 23.3. The number of aliphatic carboxylic acids is 1. The van der Waals surface area contributed by atoms with Crippen molar-refractivity contribution < 1.29 is 33.8 Å². The van der Waals surface area contributed by atoms with Gasteiger partial charge in [-0.1, -0.05) is 62.3 Å². The minimum atomic E-state index is -0.876. The molecular weight excluding hydrogens is 653 g/mol. The molecule has 0 aliphatic rings. The maximum atomic E-state index is 13.0. The van der Waals surface area contributed by atoms with Gasteiger partial charge >= 0.3 is 5.97 Å². The summed E-state index contributed by atoms with van der Waals surface area (Å²) in [5.41, 5.74) is -1.53. The van der Waals surface area contributed by atoms with E-state index in [2.05, 4.69) is 20.9 Å². The lowest BCUT2D eigenvalue weighted by atomic mass is 9.73. The normalized spacial score (nSPS) is 13.4. The fraction of sp³-hybridized carbons (Fsp3) is 0.829. The minimum Gasteiger partial charge on any atom is -0.481 e. The van der Waals surface area contributed by atoms with E-state index < -0.39 is 22.4 Å². The van der Waals surface area contributed by atoms with E-state index in [-0.39, 0.29) is 59.1 Å². The van der Waals surface area contributed by atoms with Gasteiger partial charge in [-0.25, -0.2) is 4.99 Å². The van der Waals surface area contributed by atoms with Gasteiger partial charge in [-0.15, -0.1) is 23.5 Å². The first-order chi connectivity index (χ1) is 22.0. The van der Waals surface area contributed by atoms with Crippen LogP contribution < -0.4 is 16.0 Å². The molecule has 0 heterocycles. The monoisotopic (exact) mass is 716 g/mol. The van der Waals surface area contributed by atoms with E-state index in [1.54, 1.807) is 11.8 Å². The van der Waals surface area contributed by atoms with Crippen LogP contribution in [0.1, 0.15) is 115 Å². The second-order valence-electron chi connectivity index (χ2n) is 15.1. The van der Waals surface area contributed by atoms with Gasteiger partial charge in [0.15, 0.2) is 0 Å². The van der Waals surface area contributed by atoms with Gasteiger partial charge in [0.25, 0.3) is 11.8 Å². The Bertz CT molecular complexity index is 1080. The molecule has 4 N–H and O–H groups in total. The number of ether oxygens (including phenoxy) is 1. The van der Waals surface area contributed by atoms with Gasteiger partial charge in [-0.2, -0.15) is 0 Å². The molecule has 4 amide bonds. The zero-order valence-electron chi connectivity index (χ0n) is 31.4. The predicted octanol–water partition coefficient (Wildman–Crippen LogP) is 5.49. The average Bonchev–Trinajstić information content (AvgIpc) is 2.93. The average molecular weight is 717 g/mol. The van der Waals surface area contributed by atoms with Gasteiger partial charge in [0, 0.05) is 31.7 Å². The molecule has 1 atom stereocenters. The van der Waals surface area contributed by atoms with Crippen molar-refractivity contribution in [1.29, 1.82) is 0 Å². The summed E-state index contributed by atoms with van der Waals surface area (Å²) >= 11 is 3.04. The Balaban J connectivity index is 4.82. The van der Waals surface area contributed by atoms with E-state index in [1.807, 2.05) is 76.2 Å². The summed E-state index contributed by atoms with van der Waals surface area (Å²) in [6.07, 6.45) is 2.51. The number of thioether (sulfide) groups is 2. The van der Waals surface area contributed by atoms with Gasteiger partial charge in [-0.05, 0) is 67.8 Å². The van der Waals surface area contributed by atoms with Crippen LogP contribution in [-0.2, 0) is 28.7 Å². The molecular formula is C35H64N4O7S2. The molecule has 48 heavy (non-hydrogen) atoms. The van der Waals surface area contributed by atoms with Gasteiger partial charge in [-0.3, -0.25) is 24.0 Å². The van der Waals surface area contributed by atoms with Crippen molar-refractivity contribution in [2.24, 2.45) is 21.7 Å². The minimum absolute atomic E-state index is 0.00211. The fourth-order valence-electron chi connectivity index (χ4n) is 4.96. The van der Waals surface area contributed by atoms with E-state index in [4.69, 9.17) is 9.84 Å². The van der Waals surface area contributed by atoms with Crippen LogP contribution in [0.2, 0.25) is 0 Å². The quantitative estimate of drug-likeness (QED) is 0.0707. The number of nitrogens with one attached hydrogen (secondary N) is 3. The van der Waals surface area contributed by atoms with Gasteiger partial charge in [0.1, 0.15) is 5.71 Å². The highest BCUT2D eigenvalue weighted by molar-refractivity contribution is 8.00. The molecule has 0 saturated heterocycles. The van der Waals surface area contributed by atoms with Gasteiger partial charge < -0.3 is 25.8 Å². The molecule has 0 aromatic rings. The maximum absolute atomic E-state index is 13.0. The summed E-state index contributed by atoms with van der Waals surface area (Å²) in [7, 11) is 0. The molecule has 0 aliphatic heterocycles. The van der Waals surface area contributed by atoms with Crippen LogP contribution in [-0.4, -0.2) is 94.3 Å². The first-order valence-electron chi connectivity index (χ1n) is 17.1. The molecule has 11 nitrogen and oxygen atoms in total. The number of carbonyl (C=O) groups is 5. The number of hydrogen-bond donors (Lipinski definition) is 4. The van der Waals surface area contributed by atoms with Crippen molar-refractivity contribution >= 4 is 58.8 Å². The number of carboxylic acid groups (broad SMARTS) is 1. The number of hydrogen-bond acceptors (Lipinski definition) is 8. The molecule has 278 valence electrons. The Labute approximate surface area is 298 Å². The number of carboxylic acids is 1. The van der Waals surface area contributed by atoms with Crippen molar-refractivity contribution in [2.75, 3.05) is 37.7 Å². The Morgan fingerprint density at radius 2 is 1.44 bits per heavy atom. The van der Waals surface area contributed by atoms with Gasteiger partial charge in [0.2, 0.25) is 11.8 Å². The molecule has 0 saturated carbocycles. The Morgan fingerprint density at radius 3 is 2.02 bits per heavy atom. The lowest BCUT2D eigenvalue weighted by molar-refractivity contribution is -0.141. The lowest BCUT2D eigenvalue weighted by Gasteiger charge is -2.33. The van der Waals surface area contributed by atoms with Gasteiger partial charge in [0.05, 0.1) is 23.5 Å². The number of carbonyl (C=O) groups excluding carboxylic acids is 4. The second-order valence-corrected chi connectivity index (χ2v) is 18.3. The summed E-state index contributed by atoms with van der Waals surface area (Å²) < 4.78 is 6.12. The SMILES string of the molecule is CC(CCOC(C)(C)CCNC(=O)C(C)(C)CC(C)(C)CC(=O)O)CNC(=O)C(CCCNC(=O)CSC(C)C)=NC(=O)CSC(C)C. The van der Waals surface area contributed by atoms with E-state index in [9.17, 15) is 24.0 Å². The predicted molar refractivity (Wildman–Crippen MR) is 199 cm³/mol. The number of nitrogens with zero attached hydrogens (tertiary/aromatic N) is 1. The van der Waals surface area contributed by atoms with Crippen LogP contribution in [0.4, 0.5) is 0 Å². The molecule has 0 fully saturated rings. The number of aliphatic imine (C=N–C) groups is 1. The van der Waals surface area contributed by atoms with Crippen LogP contribution in [0, 0.1) is 16.7 Å². The third-order valence-corrected chi connectivity index (χ3v) is 9.59. The van der Waals surface area contributed by atoms with Crippen molar-refractivity contribution in [3.8, 4) is 0 Å². The van der Waals surface area contributed by atoms with Crippen molar-refractivity contribution in [1.82, 2.24) is 16.0 Å². The molecule has 1 unspecified atom stereocenters. The van der Waals surface area contributed by atoms with Crippen molar-refractivity contribution in [2.45, 2.75) is 131 Å². The van der Waals surface area contributed by atoms with E-state index in [0.717, 1.165) is 0 Å². The van der Waals surface area contributed by atoms with Crippen LogP contribution in [0.15, 0.2) is 4.99 Å². The van der Waals surface area contributed by atoms with E-state index in [1.165, 1.54) is 11.8 Å².